The first-order chi connectivity index (χ1) is 16.8. The molecule has 8 nitrogen and oxygen atoms in total. The monoisotopic (exact) mass is 510 g/mol. The van der Waals surface area contributed by atoms with Gasteiger partial charge < -0.3 is 19.9 Å². The average Bonchev–Trinajstić information content (AvgIpc) is 2.81. The number of phenolic OH excluding ortho intramolecular Hbond substituents is 1. The van der Waals surface area contributed by atoms with E-state index in [4.69, 9.17) is 32.7 Å². The number of aromatic hydroxyl groups is 1. The van der Waals surface area contributed by atoms with Crippen LogP contribution < -0.4 is 14.8 Å². The molecule has 0 atom stereocenters. The van der Waals surface area contributed by atoms with Crippen molar-refractivity contribution in [2.24, 2.45) is 0 Å². The molecule has 0 aromatic heterocycles. The zero-order valence-corrected chi connectivity index (χ0v) is 19.3. The van der Waals surface area contributed by atoms with Crippen molar-refractivity contribution in [3.05, 3.63) is 111 Å². The number of nitrogens with one attached hydrogen (secondary N) is 1. The number of halogens is 2. The van der Waals surface area contributed by atoms with E-state index < -0.39 is 10.8 Å². The van der Waals surface area contributed by atoms with E-state index in [1.165, 1.54) is 60.7 Å². The van der Waals surface area contributed by atoms with Gasteiger partial charge in [-0.3, -0.25) is 14.9 Å². The maximum Gasteiger partial charge on any atom is 0.276 e. The Labute approximate surface area is 209 Å². The molecule has 0 heterocycles. The average molecular weight is 511 g/mol. The number of hydrogen-bond acceptors (Lipinski definition) is 6. The highest BCUT2D eigenvalue weighted by atomic mass is 35.5. The molecule has 0 aliphatic heterocycles. The summed E-state index contributed by atoms with van der Waals surface area (Å²) in [7, 11) is 0. The van der Waals surface area contributed by atoms with Crippen LogP contribution in [0.15, 0.2) is 84.9 Å². The van der Waals surface area contributed by atoms with Crippen molar-refractivity contribution >= 4 is 40.5 Å². The van der Waals surface area contributed by atoms with Crippen LogP contribution in [0, 0.1) is 10.1 Å². The summed E-state index contributed by atoms with van der Waals surface area (Å²) in [5.74, 6) is 0.503. The predicted octanol–water partition coefficient (Wildman–Crippen LogP) is 7.44. The van der Waals surface area contributed by atoms with Gasteiger partial charge in [0.25, 0.3) is 11.6 Å². The Morgan fingerprint density at radius 2 is 1.46 bits per heavy atom. The van der Waals surface area contributed by atoms with Crippen LogP contribution in [-0.4, -0.2) is 15.9 Å². The van der Waals surface area contributed by atoms with Crippen LogP contribution in [-0.2, 0) is 0 Å². The van der Waals surface area contributed by atoms with Gasteiger partial charge in [0.2, 0.25) is 0 Å². The van der Waals surface area contributed by atoms with Crippen LogP contribution in [0.3, 0.4) is 0 Å². The second-order valence-corrected chi connectivity index (χ2v) is 8.09. The molecule has 1 amide bonds. The number of hydrogen-bond donors (Lipinski definition) is 2. The summed E-state index contributed by atoms with van der Waals surface area (Å²) < 4.78 is 11.5. The summed E-state index contributed by atoms with van der Waals surface area (Å²) in [6, 6.07) is 21.0. The number of ether oxygens (including phenoxy) is 2. The van der Waals surface area contributed by atoms with Gasteiger partial charge in [0, 0.05) is 21.7 Å². The highest BCUT2D eigenvalue weighted by molar-refractivity contribution is 6.31. The molecule has 0 radical (unpaired) electrons. The molecule has 4 aromatic carbocycles. The van der Waals surface area contributed by atoms with Gasteiger partial charge in [-0.1, -0.05) is 29.3 Å². The maximum absolute atomic E-state index is 12.5. The van der Waals surface area contributed by atoms with Gasteiger partial charge in [-0.2, -0.15) is 0 Å². The molecular formula is C25H16Cl2N2O6. The third-order valence-corrected chi connectivity index (χ3v) is 5.14. The van der Waals surface area contributed by atoms with Gasteiger partial charge in [0.15, 0.2) is 0 Å². The minimum absolute atomic E-state index is 0.121. The van der Waals surface area contributed by atoms with Gasteiger partial charge >= 0.3 is 0 Å². The Morgan fingerprint density at radius 3 is 2.11 bits per heavy atom. The molecule has 176 valence electrons. The van der Waals surface area contributed by atoms with Gasteiger partial charge in [0.05, 0.1) is 22.7 Å². The Bertz CT molecular complexity index is 1410. The first kappa shape index (κ1) is 23.9. The summed E-state index contributed by atoms with van der Waals surface area (Å²) in [4.78, 5) is 23.3. The highest BCUT2D eigenvalue weighted by Crippen LogP contribution is 2.34. The maximum atomic E-state index is 12.5. The topological polar surface area (TPSA) is 111 Å². The number of non-ortho nitro benzene ring substituents is 1. The second-order valence-electron chi connectivity index (χ2n) is 7.22. The van der Waals surface area contributed by atoms with E-state index in [1.54, 1.807) is 24.3 Å². The van der Waals surface area contributed by atoms with Crippen molar-refractivity contribution in [1.29, 1.82) is 0 Å². The number of rotatable bonds is 7. The molecular weight excluding hydrogens is 495 g/mol. The van der Waals surface area contributed by atoms with Crippen molar-refractivity contribution in [3.8, 4) is 28.7 Å². The first-order valence-electron chi connectivity index (χ1n) is 10.1. The summed E-state index contributed by atoms with van der Waals surface area (Å²) in [5.41, 5.74) is 0.240. The number of amides is 1. The predicted molar refractivity (Wildman–Crippen MR) is 132 cm³/mol. The molecule has 0 fully saturated rings. The number of carbonyl (C=O) groups excluding carboxylic acids is 1. The SMILES string of the molecule is O=C(Nc1cc(Cl)ccc1O)c1ccc(Oc2cc(Oc3cccc(Cl)c3)cc([N+](=O)[O-])c2)cc1. The molecule has 0 unspecified atom stereocenters. The third kappa shape index (κ3) is 6.20. The van der Waals surface area contributed by atoms with E-state index in [-0.39, 0.29) is 28.6 Å². The van der Waals surface area contributed by atoms with E-state index in [1.807, 2.05) is 0 Å². The Balaban J connectivity index is 1.51. The molecule has 0 saturated carbocycles. The van der Waals surface area contributed by atoms with Gasteiger partial charge in [-0.05, 0) is 60.7 Å². The number of benzene rings is 4. The molecule has 2 N–H and O–H groups in total. The summed E-state index contributed by atoms with van der Waals surface area (Å²) in [5, 5.41) is 24.6. The molecule has 0 aliphatic rings. The lowest BCUT2D eigenvalue weighted by atomic mass is 10.2. The van der Waals surface area contributed by atoms with Crippen LogP contribution in [0.25, 0.3) is 0 Å². The number of anilines is 1. The fourth-order valence-electron chi connectivity index (χ4n) is 3.06. The van der Waals surface area contributed by atoms with Crippen LogP contribution in [0.4, 0.5) is 11.4 Å². The third-order valence-electron chi connectivity index (χ3n) is 4.67. The number of carbonyl (C=O) groups is 1. The van der Waals surface area contributed by atoms with Crippen LogP contribution >= 0.6 is 23.2 Å². The molecule has 0 bridgehead atoms. The molecule has 35 heavy (non-hydrogen) atoms. The van der Waals surface area contributed by atoms with Crippen molar-refractivity contribution in [1.82, 2.24) is 0 Å². The van der Waals surface area contributed by atoms with Crippen molar-refractivity contribution in [2.45, 2.75) is 0 Å². The lowest BCUT2D eigenvalue weighted by molar-refractivity contribution is -0.385. The molecule has 4 rings (SSSR count). The van der Waals surface area contributed by atoms with Crippen molar-refractivity contribution in [3.63, 3.8) is 0 Å². The number of nitrogens with zero attached hydrogens (tertiary/aromatic N) is 1. The normalized spacial score (nSPS) is 10.5. The first-order valence-corrected chi connectivity index (χ1v) is 10.8. The van der Waals surface area contributed by atoms with Gasteiger partial charge in [0.1, 0.15) is 28.7 Å². The lowest BCUT2D eigenvalue weighted by Gasteiger charge is -2.11. The van der Waals surface area contributed by atoms with E-state index >= 15 is 0 Å². The minimum Gasteiger partial charge on any atom is -0.506 e. The molecule has 0 saturated heterocycles. The molecule has 0 aliphatic carbocycles. The largest absolute Gasteiger partial charge is 0.506 e. The van der Waals surface area contributed by atoms with Crippen LogP contribution in [0.2, 0.25) is 10.0 Å². The Kier molecular flexibility index (Phi) is 7.05. The number of nitro groups is 1. The fraction of sp³-hybridized carbons (Fsp3) is 0. The highest BCUT2D eigenvalue weighted by Gasteiger charge is 2.14. The zero-order valence-electron chi connectivity index (χ0n) is 17.8. The van der Waals surface area contributed by atoms with E-state index in [9.17, 15) is 20.0 Å². The smallest absolute Gasteiger partial charge is 0.276 e. The number of nitro benzene ring substituents is 1. The molecule has 4 aromatic rings. The lowest BCUT2D eigenvalue weighted by Crippen LogP contribution is -2.11. The standard InChI is InChI=1S/C25H16Cl2N2O6/c26-16-2-1-3-20(10-16)35-22-13-18(29(32)33)12-21(14-22)34-19-7-4-15(5-8-19)25(31)28-23-11-17(27)6-9-24(23)30/h1-14,30H,(H,28,31). The number of phenols is 1. The van der Waals surface area contributed by atoms with Crippen LogP contribution in [0.1, 0.15) is 10.4 Å². The van der Waals surface area contributed by atoms with Gasteiger partial charge in [-0.15, -0.1) is 0 Å². The van der Waals surface area contributed by atoms with E-state index in [0.29, 0.717) is 27.1 Å². The van der Waals surface area contributed by atoms with Crippen molar-refractivity contribution < 1.29 is 24.3 Å². The summed E-state index contributed by atoms with van der Waals surface area (Å²) in [6.45, 7) is 0. The second kappa shape index (κ2) is 10.3. The zero-order chi connectivity index (χ0) is 24.9. The van der Waals surface area contributed by atoms with Crippen molar-refractivity contribution in [2.75, 3.05) is 5.32 Å². The van der Waals surface area contributed by atoms with Crippen LogP contribution in [0.5, 0.6) is 28.7 Å². The minimum atomic E-state index is -0.559. The van der Waals surface area contributed by atoms with E-state index in [0.717, 1.165) is 0 Å². The Morgan fingerprint density at radius 1 is 0.800 bits per heavy atom. The van der Waals surface area contributed by atoms with E-state index in [2.05, 4.69) is 5.32 Å². The summed E-state index contributed by atoms with van der Waals surface area (Å²) in [6.07, 6.45) is 0. The molecule has 0 spiro atoms. The van der Waals surface area contributed by atoms with Gasteiger partial charge in [-0.25, -0.2) is 0 Å². The fourth-order valence-corrected chi connectivity index (χ4v) is 3.41. The summed E-state index contributed by atoms with van der Waals surface area (Å²) >= 11 is 11.9. The Hall–Kier alpha value is -4.27. The molecule has 10 heteroatoms. The quantitative estimate of drug-likeness (QED) is 0.152.